The van der Waals surface area contributed by atoms with Gasteiger partial charge >= 0.3 is 0 Å². The minimum absolute atomic E-state index is 0.0692. The number of ether oxygens (including phenoxy) is 1. The number of aromatic nitrogens is 6. The molecule has 0 saturated heterocycles. The molecule has 0 aliphatic rings. The molecule has 1 unspecified atom stereocenters. The molecule has 0 aliphatic carbocycles. The molecule has 8 nitrogen and oxygen atoms in total. The quantitative estimate of drug-likeness (QED) is 0.564. The highest BCUT2D eigenvalue weighted by Gasteiger charge is 2.14. The van der Waals surface area contributed by atoms with Crippen LogP contribution in [0.25, 0.3) is 22.4 Å². The first kappa shape index (κ1) is 16.9. The van der Waals surface area contributed by atoms with Crippen LogP contribution in [0.3, 0.4) is 0 Å². The molecule has 1 atom stereocenters. The van der Waals surface area contributed by atoms with Gasteiger partial charge in [-0.1, -0.05) is 0 Å². The molecule has 136 valence electrons. The smallest absolute Gasteiger partial charge is 0.164 e. The molecule has 4 aromatic heterocycles. The van der Waals surface area contributed by atoms with Crippen molar-refractivity contribution in [3.63, 3.8) is 0 Å². The van der Waals surface area contributed by atoms with Crippen LogP contribution in [0.1, 0.15) is 6.92 Å². The van der Waals surface area contributed by atoms with E-state index in [1.54, 1.807) is 35.7 Å². The second-order valence-electron chi connectivity index (χ2n) is 6.14. The first-order valence-corrected chi connectivity index (χ1v) is 8.61. The van der Waals surface area contributed by atoms with Gasteiger partial charge in [0.25, 0.3) is 0 Å². The van der Waals surface area contributed by atoms with Gasteiger partial charge in [-0.2, -0.15) is 5.10 Å². The normalized spacial score (nSPS) is 12.1. The van der Waals surface area contributed by atoms with E-state index >= 15 is 0 Å². The summed E-state index contributed by atoms with van der Waals surface area (Å²) in [6.45, 7) is 2.57. The summed E-state index contributed by atoms with van der Waals surface area (Å²) in [6.07, 6.45) is 8.56. The standard InChI is InChI=1S/C19H19N7O/c1-13(27-15-4-3-7-21-11-15)10-22-18-16-12-23-26(2)19(16)25-17(24-18)14-5-8-20-9-6-14/h3-9,11-13H,10H2,1-2H3,(H,22,24,25). The van der Waals surface area contributed by atoms with Crippen LogP contribution in [0.15, 0.2) is 55.2 Å². The highest BCUT2D eigenvalue weighted by atomic mass is 16.5. The van der Waals surface area contributed by atoms with Crippen molar-refractivity contribution in [1.82, 2.24) is 29.7 Å². The van der Waals surface area contributed by atoms with E-state index in [-0.39, 0.29) is 6.10 Å². The van der Waals surface area contributed by atoms with Gasteiger partial charge in [-0.3, -0.25) is 14.6 Å². The zero-order chi connectivity index (χ0) is 18.6. The lowest BCUT2D eigenvalue weighted by atomic mass is 10.2. The fourth-order valence-electron chi connectivity index (χ4n) is 2.72. The lowest BCUT2D eigenvalue weighted by Gasteiger charge is -2.16. The molecule has 0 bridgehead atoms. The lowest BCUT2D eigenvalue weighted by Crippen LogP contribution is -2.23. The van der Waals surface area contributed by atoms with Crippen molar-refractivity contribution < 1.29 is 4.74 Å². The number of aryl methyl sites for hydroxylation is 1. The van der Waals surface area contributed by atoms with Gasteiger partial charge in [0, 0.05) is 31.2 Å². The Morgan fingerprint density at radius 2 is 1.93 bits per heavy atom. The number of pyridine rings is 2. The summed E-state index contributed by atoms with van der Waals surface area (Å²) in [6, 6.07) is 7.50. The summed E-state index contributed by atoms with van der Waals surface area (Å²) in [5.74, 6) is 2.08. The number of nitrogens with zero attached hydrogens (tertiary/aromatic N) is 6. The van der Waals surface area contributed by atoms with Crippen molar-refractivity contribution in [2.75, 3.05) is 11.9 Å². The highest BCUT2D eigenvalue weighted by Crippen LogP contribution is 2.24. The van der Waals surface area contributed by atoms with Crippen LogP contribution in [0.5, 0.6) is 5.75 Å². The fourth-order valence-corrected chi connectivity index (χ4v) is 2.72. The minimum Gasteiger partial charge on any atom is -0.487 e. The predicted molar refractivity (Wildman–Crippen MR) is 102 cm³/mol. The summed E-state index contributed by atoms with van der Waals surface area (Å²) in [5.41, 5.74) is 1.66. The molecule has 27 heavy (non-hydrogen) atoms. The van der Waals surface area contributed by atoms with Crippen molar-refractivity contribution in [3.8, 4) is 17.1 Å². The summed E-state index contributed by atoms with van der Waals surface area (Å²) in [7, 11) is 1.86. The van der Waals surface area contributed by atoms with E-state index in [2.05, 4.69) is 25.4 Å². The van der Waals surface area contributed by atoms with Gasteiger partial charge in [-0.15, -0.1) is 0 Å². The molecule has 0 saturated carbocycles. The summed E-state index contributed by atoms with van der Waals surface area (Å²) >= 11 is 0. The summed E-state index contributed by atoms with van der Waals surface area (Å²) in [4.78, 5) is 17.4. The second-order valence-corrected chi connectivity index (χ2v) is 6.14. The van der Waals surface area contributed by atoms with Crippen LogP contribution in [0, 0.1) is 0 Å². The molecule has 0 fully saturated rings. The van der Waals surface area contributed by atoms with Crippen LogP contribution < -0.4 is 10.1 Å². The molecule has 1 N–H and O–H groups in total. The monoisotopic (exact) mass is 361 g/mol. The van der Waals surface area contributed by atoms with Crippen molar-refractivity contribution in [1.29, 1.82) is 0 Å². The second kappa shape index (κ2) is 7.36. The lowest BCUT2D eigenvalue weighted by molar-refractivity contribution is 0.234. The maximum Gasteiger partial charge on any atom is 0.164 e. The Morgan fingerprint density at radius 3 is 2.70 bits per heavy atom. The Kier molecular flexibility index (Phi) is 4.61. The first-order valence-electron chi connectivity index (χ1n) is 8.61. The van der Waals surface area contributed by atoms with E-state index in [1.165, 1.54) is 0 Å². The third kappa shape index (κ3) is 3.69. The third-order valence-electron chi connectivity index (χ3n) is 4.06. The molecule has 4 aromatic rings. The average molecular weight is 361 g/mol. The summed E-state index contributed by atoms with van der Waals surface area (Å²) in [5, 5.41) is 8.54. The van der Waals surface area contributed by atoms with Crippen molar-refractivity contribution in [2.24, 2.45) is 7.05 Å². The molecule has 0 radical (unpaired) electrons. The number of fused-ring (bicyclic) bond motifs is 1. The van der Waals surface area contributed by atoms with E-state index < -0.39 is 0 Å². The maximum atomic E-state index is 5.87. The topological polar surface area (TPSA) is 90.6 Å². The molecule has 0 spiro atoms. The molecule has 8 heteroatoms. The van der Waals surface area contributed by atoms with Gasteiger partial charge in [0.2, 0.25) is 0 Å². The van der Waals surface area contributed by atoms with Gasteiger partial charge in [-0.05, 0) is 31.2 Å². The van der Waals surface area contributed by atoms with Gasteiger partial charge in [-0.25, -0.2) is 9.97 Å². The zero-order valence-corrected chi connectivity index (χ0v) is 15.1. The van der Waals surface area contributed by atoms with E-state index in [0.717, 1.165) is 28.2 Å². The number of hydrogen-bond acceptors (Lipinski definition) is 7. The molecular formula is C19H19N7O. The van der Waals surface area contributed by atoms with Gasteiger partial charge in [0.15, 0.2) is 11.5 Å². The number of anilines is 1. The average Bonchev–Trinajstić information content (AvgIpc) is 3.08. The zero-order valence-electron chi connectivity index (χ0n) is 15.1. The van der Waals surface area contributed by atoms with E-state index in [0.29, 0.717) is 12.4 Å². The molecular weight excluding hydrogens is 342 g/mol. The van der Waals surface area contributed by atoms with Crippen LogP contribution in [0.2, 0.25) is 0 Å². The third-order valence-corrected chi connectivity index (χ3v) is 4.06. The Labute approximate surface area is 156 Å². The van der Waals surface area contributed by atoms with Crippen LogP contribution in [-0.4, -0.2) is 42.4 Å². The predicted octanol–water partition coefficient (Wildman–Crippen LogP) is 2.70. The van der Waals surface area contributed by atoms with Gasteiger partial charge < -0.3 is 10.1 Å². The first-order chi connectivity index (χ1) is 13.2. The molecule has 0 aromatic carbocycles. The maximum absolute atomic E-state index is 5.87. The molecule has 4 heterocycles. The Balaban J connectivity index is 1.59. The molecule has 0 amide bonds. The molecule has 4 rings (SSSR count). The van der Waals surface area contributed by atoms with Crippen LogP contribution >= 0.6 is 0 Å². The number of hydrogen-bond donors (Lipinski definition) is 1. The van der Waals surface area contributed by atoms with Gasteiger partial charge in [0.05, 0.1) is 24.3 Å². The van der Waals surface area contributed by atoms with E-state index in [9.17, 15) is 0 Å². The highest BCUT2D eigenvalue weighted by molar-refractivity contribution is 5.88. The van der Waals surface area contributed by atoms with Crippen molar-refractivity contribution in [2.45, 2.75) is 13.0 Å². The van der Waals surface area contributed by atoms with Gasteiger partial charge in [0.1, 0.15) is 17.7 Å². The number of rotatable bonds is 6. The minimum atomic E-state index is -0.0692. The van der Waals surface area contributed by atoms with Crippen molar-refractivity contribution >= 4 is 16.9 Å². The largest absolute Gasteiger partial charge is 0.487 e. The van der Waals surface area contributed by atoms with Crippen LogP contribution in [0.4, 0.5) is 5.82 Å². The number of nitrogens with one attached hydrogen (secondary N) is 1. The van der Waals surface area contributed by atoms with Crippen molar-refractivity contribution in [3.05, 3.63) is 55.2 Å². The van der Waals surface area contributed by atoms with Crippen LogP contribution in [-0.2, 0) is 7.05 Å². The van der Waals surface area contributed by atoms with E-state index in [4.69, 9.17) is 9.72 Å². The fraction of sp³-hybridized carbons (Fsp3) is 0.211. The van der Waals surface area contributed by atoms with E-state index in [1.807, 2.05) is 38.2 Å². The SMILES string of the molecule is CC(CNc1nc(-c2ccncc2)nc2c1cnn2C)Oc1cccnc1. The Morgan fingerprint density at radius 1 is 1.07 bits per heavy atom. The Hall–Kier alpha value is -3.55. The summed E-state index contributed by atoms with van der Waals surface area (Å²) < 4.78 is 7.61. The Bertz CT molecular complexity index is 1030. The molecule has 0 aliphatic heterocycles.